The molecule has 3 saturated heterocycles. The molecule has 1 atom stereocenters. The molecule has 0 aromatic heterocycles. The van der Waals surface area contributed by atoms with Crippen LogP contribution in [0.2, 0.25) is 0 Å². The van der Waals surface area contributed by atoms with Crippen LogP contribution >= 0.6 is 0 Å². The minimum Gasteiger partial charge on any atom is -0.342 e. The summed E-state index contributed by atoms with van der Waals surface area (Å²) in [4.78, 5) is 41.0. The van der Waals surface area contributed by atoms with E-state index in [1.54, 1.807) is 0 Å². The molecular formula is C19H30N4O3. The highest BCUT2D eigenvalue weighted by atomic mass is 16.2. The maximum Gasteiger partial charge on any atom is 0.322 e. The van der Waals surface area contributed by atoms with E-state index in [1.807, 2.05) is 4.90 Å². The fourth-order valence-corrected chi connectivity index (χ4v) is 5.18. The minimum atomic E-state index is -0.768. The van der Waals surface area contributed by atoms with E-state index in [-0.39, 0.29) is 17.7 Å². The number of imide groups is 1. The predicted octanol–water partition coefficient (Wildman–Crippen LogP) is 1.09. The Balaban J connectivity index is 1.26. The van der Waals surface area contributed by atoms with E-state index in [1.165, 1.54) is 32.4 Å². The van der Waals surface area contributed by atoms with E-state index in [0.717, 1.165) is 26.1 Å². The maximum absolute atomic E-state index is 12.9. The molecule has 4 aliphatic rings. The number of rotatable bonds is 3. The van der Waals surface area contributed by atoms with Gasteiger partial charge in [-0.3, -0.25) is 14.9 Å². The van der Waals surface area contributed by atoms with Crippen molar-refractivity contribution in [3.8, 4) is 0 Å². The van der Waals surface area contributed by atoms with Crippen LogP contribution in [0.1, 0.15) is 51.4 Å². The average Bonchev–Trinajstić information content (AvgIpc) is 3.21. The molecule has 0 aromatic rings. The Kier molecular flexibility index (Phi) is 4.90. The highest BCUT2D eigenvalue weighted by molar-refractivity contribution is 6.07. The monoisotopic (exact) mass is 362 g/mol. The van der Waals surface area contributed by atoms with Gasteiger partial charge in [0.2, 0.25) is 5.91 Å². The summed E-state index contributed by atoms with van der Waals surface area (Å²) >= 11 is 0. The van der Waals surface area contributed by atoms with Gasteiger partial charge in [0, 0.05) is 25.6 Å². The summed E-state index contributed by atoms with van der Waals surface area (Å²) in [5.41, 5.74) is -0.768. The van der Waals surface area contributed by atoms with Crippen LogP contribution in [0.3, 0.4) is 0 Å². The lowest BCUT2D eigenvalue weighted by Gasteiger charge is -2.35. The van der Waals surface area contributed by atoms with Crippen molar-refractivity contribution in [1.82, 2.24) is 20.4 Å². The van der Waals surface area contributed by atoms with Crippen LogP contribution in [0.5, 0.6) is 0 Å². The number of nitrogens with zero attached hydrogens (tertiary/aromatic N) is 2. The SMILES string of the molecule is O=C1NC(=O)C2(CCC(C(=O)N3CCC(CN4CCCCC4)C3)CC2)N1. The molecule has 7 heteroatoms. The number of carbonyl (C=O) groups is 3. The lowest BCUT2D eigenvalue weighted by atomic mass is 9.76. The molecule has 3 aliphatic heterocycles. The molecule has 1 spiro atoms. The molecule has 4 fully saturated rings. The number of piperidine rings is 1. The molecule has 26 heavy (non-hydrogen) atoms. The first-order chi connectivity index (χ1) is 12.6. The fourth-order valence-electron chi connectivity index (χ4n) is 5.18. The zero-order chi connectivity index (χ0) is 18.1. The summed E-state index contributed by atoms with van der Waals surface area (Å²) in [5, 5.41) is 5.10. The van der Waals surface area contributed by atoms with Gasteiger partial charge in [-0.15, -0.1) is 0 Å². The van der Waals surface area contributed by atoms with Gasteiger partial charge in [-0.25, -0.2) is 4.79 Å². The van der Waals surface area contributed by atoms with Gasteiger partial charge in [0.1, 0.15) is 5.54 Å². The van der Waals surface area contributed by atoms with Crippen molar-refractivity contribution >= 4 is 17.8 Å². The van der Waals surface area contributed by atoms with E-state index in [4.69, 9.17) is 0 Å². The Morgan fingerprint density at radius 3 is 2.42 bits per heavy atom. The Bertz CT molecular complexity index is 579. The first-order valence-electron chi connectivity index (χ1n) is 10.2. The van der Waals surface area contributed by atoms with E-state index in [0.29, 0.717) is 31.6 Å². The van der Waals surface area contributed by atoms with Crippen LogP contribution in [0.25, 0.3) is 0 Å². The molecule has 3 heterocycles. The molecule has 0 bridgehead atoms. The van der Waals surface area contributed by atoms with E-state index < -0.39 is 11.6 Å². The highest BCUT2D eigenvalue weighted by Crippen LogP contribution is 2.35. The quantitative estimate of drug-likeness (QED) is 0.737. The minimum absolute atomic E-state index is 0.000311. The molecule has 0 radical (unpaired) electrons. The third kappa shape index (κ3) is 3.46. The molecule has 1 unspecified atom stereocenters. The second-order valence-electron chi connectivity index (χ2n) is 8.56. The van der Waals surface area contributed by atoms with Gasteiger partial charge < -0.3 is 15.1 Å². The largest absolute Gasteiger partial charge is 0.342 e. The summed E-state index contributed by atoms with van der Waals surface area (Å²) in [6, 6.07) is -0.403. The predicted molar refractivity (Wildman–Crippen MR) is 96.3 cm³/mol. The molecule has 0 aromatic carbocycles. The zero-order valence-corrected chi connectivity index (χ0v) is 15.5. The Labute approximate surface area is 154 Å². The van der Waals surface area contributed by atoms with Crippen LogP contribution in [0.4, 0.5) is 4.79 Å². The Morgan fingerprint density at radius 2 is 1.77 bits per heavy atom. The second kappa shape index (κ2) is 7.18. The van der Waals surface area contributed by atoms with Gasteiger partial charge in [0.15, 0.2) is 0 Å². The van der Waals surface area contributed by atoms with Gasteiger partial charge in [0.05, 0.1) is 0 Å². The van der Waals surface area contributed by atoms with E-state index in [2.05, 4.69) is 15.5 Å². The molecular weight excluding hydrogens is 332 g/mol. The topological polar surface area (TPSA) is 81.8 Å². The molecule has 4 amide bonds. The fraction of sp³-hybridized carbons (Fsp3) is 0.842. The number of likely N-dealkylation sites (tertiary alicyclic amines) is 2. The molecule has 1 saturated carbocycles. The standard InChI is InChI=1S/C19H30N4O3/c24-16(15-4-7-19(8-5-15)17(25)20-18(26)21-19)23-11-6-14(13-23)12-22-9-2-1-3-10-22/h14-15H,1-13H2,(H2,20,21,25,26). The molecule has 7 nitrogen and oxygen atoms in total. The van der Waals surface area contributed by atoms with Crippen molar-refractivity contribution in [2.45, 2.75) is 56.9 Å². The number of nitrogens with one attached hydrogen (secondary N) is 2. The third-order valence-corrected chi connectivity index (χ3v) is 6.77. The molecule has 4 rings (SSSR count). The Morgan fingerprint density at radius 1 is 1.04 bits per heavy atom. The zero-order valence-electron chi connectivity index (χ0n) is 15.5. The van der Waals surface area contributed by atoms with Crippen LogP contribution in [0, 0.1) is 11.8 Å². The van der Waals surface area contributed by atoms with Gasteiger partial charge in [-0.1, -0.05) is 6.42 Å². The Hall–Kier alpha value is -1.63. The summed E-state index contributed by atoms with van der Waals surface area (Å²) in [6.45, 7) is 5.31. The number of urea groups is 1. The second-order valence-corrected chi connectivity index (χ2v) is 8.56. The summed E-state index contributed by atoms with van der Waals surface area (Å²) < 4.78 is 0. The van der Waals surface area contributed by atoms with Crippen molar-refractivity contribution < 1.29 is 14.4 Å². The number of carbonyl (C=O) groups excluding carboxylic acids is 3. The first-order valence-corrected chi connectivity index (χ1v) is 10.2. The van der Waals surface area contributed by atoms with Crippen LogP contribution in [-0.2, 0) is 9.59 Å². The first kappa shape index (κ1) is 17.8. The van der Waals surface area contributed by atoms with Crippen molar-refractivity contribution in [2.24, 2.45) is 11.8 Å². The highest BCUT2D eigenvalue weighted by Gasteiger charge is 2.49. The lowest BCUT2D eigenvalue weighted by molar-refractivity contribution is -0.137. The summed E-state index contributed by atoms with van der Waals surface area (Å²) in [7, 11) is 0. The van der Waals surface area contributed by atoms with Crippen molar-refractivity contribution in [3.05, 3.63) is 0 Å². The molecule has 144 valence electrons. The van der Waals surface area contributed by atoms with Crippen LogP contribution in [0.15, 0.2) is 0 Å². The number of amides is 4. The maximum atomic E-state index is 12.9. The van der Waals surface area contributed by atoms with Crippen molar-refractivity contribution in [1.29, 1.82) is 0 Å². The molecule has 1 aliphatic carbocycles. The van der Waals surface area contributed by atoms with Gasteiger partial charge in [0.25, 0.3) is 5.91 Å². The summed E-state index contributed by atoms with van der Waals surface area (Å²) in [6.07, 6.45) is 7.56. The van der Waals surface area contributed by atoms with Crippen molar-refractivity contribution in [2.75, 3.05) is 32.7 Å². The van der Waals surface area contributed by atoms with Gasteiger partial charge in [-0.2, -0.15) is 0 Å². The van der Waals surface area contributed by atoms with E-state index >= 15 is 0 Å². The molecule has 2 N–H and O–H groups in total. The smallest absolute Gasteiger partial charge is 0.322 e. The normalized spacial score (nSPS) is 35.6. The van der Waals surface area contributed by atoms with Crippen molar-refractivity contribution in [3.63, 3.8) is 0 Å². The van der Waals surface area contributed by atoms with E-state index in [9.17, 15) is 14.4 Å². The lowest BCUT2D eigenvalue weighted by Crippen LogP contribution is -2.51. The third-order valence-electron chi connectivity index (χ3n) is 6.77. The number of hydrogen-bond donors (Lipinski definition) is 2. The van der Waals surface area contributed by atoms with Crippen LogP contribution < -0.4 is 10.6 Å². The average molecular weight is 362 g/mol. The van der Waals surface area contributed by atoms with Gasteiger partial charge >= 0.3 is 6.03 Å². The number of hydrogen-bond acceptors (Lipinski definition) is 4. The summed E-state index contributed by atoms with van der Waals surface area (Å²) in [5.74, 6) is 0.633. The van der Waals surface area contributed by atoms with Gasteiger partial charge in [-0.05, 0) is 64.0 Å². The van der Waals surface area contributed by atoms with Crippen LogP contribution in [-0.4, -0.2) is 65.9 Å².